The van der Waals surface area contributed by atoms with Crippen LogP contribution in [0.5, 0.6) is 0 Å². The van der Waals surface area contributed by atoms with E-state index in [2.05, 4.69) is 4.98 Å². The van der Waals surface area contributed by atoms with E-state index in [9.17, 15) is 27.9 Å². The predicted molar refractivity (Wildman–Crippen MR) is 139 cm³/mol. The van der Waals surface area contributed by atoms with Gasteiger partial charge in [0, 0.05) is 17.3 Å². The van der Waals surface area contributed by atoms with Gasteiger partial charge in [-0.25, -0.2) is 4.79 Å². The Morgan fingerprint density at radius 2 is 1.66 bits per heavy atom. The highest BCUT2D eigenvalue weighted by Crippen LogP contribution is 2.37. The normalized spacial score (nSPS) is 20.5. The number of hydrogen-bond acceptors (Lipinski definition) is 10. The minimum absolute atomic E-state index is 0.116. The fourth-order valence-electron chi connectivity index (χ4n) is 4.03. The van der Waals surface area contributed by atoms with Crippen molar-refractivity contribution < 1.29 is 32.0 Å². The van der Waals surface area contributed by atoms with Gasteiger partial charge in [0.1, 0.15) is 17.6 Å². The zero-order chi connectivity index (χ0) is 28.8. The van der Waals surface area contributed by atoms with Gasteiger partial charge in [-0.15, -0.1) is 0 Å². The lowest BCUT2D eigenvalue weighted by molar-refractivity contribution is -0.0482. The lowest BCUT2D eigenvalue weighted by Gasteiger charge is -2.29. The molecule has 1 saturated heterocycles. The number of nitrogen functional groups attached to an aromatic ring is 1. The summed E-state index contributed by atoms with van der Waals surface area (Å²) in [6.07, 6.45) is -3.86. The summed E-state index contributed by atoms with van der Waals surface area (Å²) in [6, 6.07) is 5.97. The molecule has 0 saturated carbocycles. The van der Waals surface area contributed by atoms with Crippen LogP contribution in [0.1, 0.15) is 80.6 Å². The van der Waals surface area contributed by atoms with E-state index in [-0.39, 0.29) is 22.6 Å². The van der Waals surface area contributed by atoms with E-state index in [1.54, 1.807) is 60.6 Å². The molecule has 208 valence electrons. The van der Waals surface area contributed by atoms with E-state index < -0.39 is 69.1 Å². The van der Waals surface area contributed by atoms with Gasteiger partial charge in [-0.3, -0.25) is 18.3 Å². The fourth-order valence-corrected chi connectivity index (χ4v) is 5.11. The van der Waals surface area contributed by atoms with Crippen LogP contribution < -0.4 is 11.4 Å². The summed E-state index contributed by atoms with van der Waals surface area (Å²) in [7, 11) is -4.34. The Morgan fingerprint density at radius 1 is 1.11 bits per heavy atom. The minimum Gasteiger partial charge on any atom is -0.394 e. The first-order valence-electron chi connectivity index (χ1n) is 12.2. The molecule has 1 fully saturated rings. The van der Waals surface area contributed by atoms with Crippen molar-refractivity contribution in [1.82, 2.24) is 9.55 Å². The first-order valence-corrected chi connectivity index (χ1v) is 13.6. The molecule has 3 rings (SSSR count). The molecule has 1 aromatic carbocycles. The van der Waals surface area contributed by atoms with Gasteiger partial charge in [-0.2, -0.15) is 13.4 Å². The summed E-state index contributed by atoms with van der Waals surface area (Å²) >= 11 is 0. The van der Waals surface area contributed by atoms with Gasteiger partial charge in [0.15, 0.2) is 17.8 Å². The standard InChI is InChI=1S/C26H35N3O8S/c1-14-8-10-16(11-9-14)38(34,35)37-17-12-15(13-30)36-23(17)29-19(21(32)26(5,6)7)18(20(31)25(2,3)4)22(27)28-24(29)33/h8-11,15,17,23,30H,12-13H2,1-7H3,(H2,27,28,33)/t15-,17-,23+/m0/s1. The number of benzene rings is 1. The number of ketones is 2. The van der Waals surface area contributed by atoms with Crippen molar-refractivity contribution in [3.05, 3.63) is 51.6 Å². The third-order valence-electron chi connectivity index (χ3n) is 6.12. The Balaban J connectivity index is 2.26. The third kappa shape index (κ3) is 5.88. The Kier molecular flexibility index (Phi) is 8.05. The molecule has 0 spiro atoms. The van der Waals surface area contributed by atoms with Gasteiger partial charge in [0.25, 0.3) is 10.1 Å². The zero-order valence-corrected chi connectivity index (χ0v) is 23.5. The molecule has 0 unspecified atom stereocenters. The SMILES string of the molecule is Cc1ccc(S(=O)(=O)O[C@H]2C[C@@H](CO)O[C@H]2n2c(C(=O)C(C)(C)C)c(C(=O)C(C)(C)C)c(N)nc2=O)cc1. The van der Waals surface area contributed by atoms with Crippen molar-refractivity contribution in [3.8, 4) is 0 Å². The molecule has 2 aromatic rings. The molecule has 38 heavy (non-hydrogen) atoms. The van der Waals surface area contributed by atoms with Crippen LogP contribution in [0.4, 0.5) is 5.82 Å². The number of aliphatic hydroxyl groups is 1. The van der Waals surface area contributed by atoms with Gasteiger partial charge in [-0.1, -0.05) is 59.2 Å². The van der Waals surface area contributed by atoms with Crippen LogP contribution in [-0.2, 0) is 19.0 Å². The van der Waals surface area contributed by atoms with Crippen LogP contribution >= 0.6 is 0 Å². The molecule has 12 heteroatoms. The monoisotopic (exact) mass is 549 g/mol. The zero-order valence-electron chi connectivity index (χ0n) is 22.6. The summed E-state index contributed by atoms with van der Waals surface area (Å²) in [4.78, 5) is 44.2. The van der Waals surface area contributed by atoms with E-state index in [1.807, 2.05) is 0 Å². The average molecular weight is 550 g/mol. The van der Waals surface area contributed by atoms with Gasteiger partial charge in [0.05, 0.1) is 23.2 Å². The number of rotatable bonds is 7. The van der Waals surface area contributed by atoms with E-state index in [0.717, 1.165) is 10.1 Å². The van der Waals surface area contributed by atoms with Crippen molar-refractivity contribution >= 4 is 27.5 Å². The number of nitrogens with zero attached hydrogens (tertiary/aromatic N) is 2. The molecule has 0 bridgehead atoms. The van der Waals surface area contributed by atoms with E-state index in [4.69, 9.17) is 14.7 Å². The topological polar surface area (TPSA) is 168 Å². The van der Waals surface area contributed by atoms with Crippen LogP contribution in [0.3, 0.4) is 0 Å². The van der Waals surface area contributed by atoms with Crippen LogP contribution in [0.15, 0.2) is 34.0 Å². The maximum atomic E-state index is 13.7. The highest BCUT2D eigenvalue weighted by molar-refractivity contribution is 7.86. The summed E-state index contributed by atoms with van der Waals surface area (Å²) in [5.74, 6) is -1.56. The lowest BCUT2D eigenvalue weighted by atomic mass is 9.81. The average Bonchev–Trinajstić information content (AvgIpc) is 3.18. The summed E-state index contributed by atoms with van der Waals surface area (Å²) in [5, 5.41) is 9.79. The number of aromatic nitrogens is 2. The van der Waals surface area contributed by atoms with Crippen LogP contribution in [0, 0.1) is 17.8 Å². The number of aliphatic hydroxyl groups excluding tert-OH is 1. The molecule has 2 heterocycles. The predicted octanol–water partition coefficient (Wildman–Crippen LogP) is 2.65. The Bertz CT molecular complexity index is 1400. The maximum Gasteiger partial charge on any atom is 0.352 e. The van der Waals surface area contributed by atoms with E-state index >= 15 is 0 Å². The molecule has 1 aliphatic rings. The van der Waals surface area contributed by atoms with Crippen molar-refractivity contribution in [3.63, 3.8) is 0 Å². The quantitative estimate of drug-likeness (QED) is 0.387. The first kappa shape index (κ1) is 29.6. The molecule has 0 radical (unpaired) electrons. The molecular weight excluding hydrogens is 514 g/mol. The second-order valence-electron chi connectivity index (χ2n) is 11.5. The van der Waals surface area contributed by atoms with E-state index in [1.165, 1.54) is 12.1 Å². The van der Waals surface area contributed by atoms with Crippen molar-refractivity contribution in [2.45, 2.75) is 78.2 Å². The maximum absolute atomic E-state index is 13.7. The van der Waals surface area contributed by atoms with Gasteiger partial charge in [0.2, 0.25) is 0 Å². The number of carbonyl (C=O) groups excluding carboxylic acids is 2. The molecule has 3 atom stereocenters. The fraction of sp³-hybridized carbons (Fsp3) is 0.538. The van der Waals surface area contributed by atoms with Crippen molar-refractivity contribution in [2.24, 2.45) is 10.8 Å². The summed E-state index contributed by atoms with van der Waals surface area (Å²) in [6.45, 7) is 11.0. The molecule has 3 N–H and O–H groups in total. The number of Topliss-reactive ketones (excluding diaryl/α,β-unsaturated/α-hetero) is 2. The molecular formula is C26H35N3O8S. The number of ether oxygens (including phenoxy) is 1. The number of nitrogens with two attached hydrogens (primary N) is 1. The Hall–Kier alpha value is -2.93. The van der Waals surface area contributed by atoms with Crippen LogP contribution in [0.25, 0.3) is 0 Å². The number of aryl methyl sites for hydroxylation is 1. The van der Waals surface area contributed by atoms with Crippen LogP contribution in [0.2, 0.25) is 0 Å². The molecule has 1 aromatic heterocycles. The number of carbonyl (C=O) groups is 2. The van der Waals surface area contributed by atoms with Crippen molar-refractivity contribution in [2.75, 3.05) is 12.3 Å². The first-order chi connectivity index (χ1) is 17.4. The van der Waals surface area contributed by atoms with Crippen molar-refractivity contribution in [1.29, 1.82) is 0 Å². The summed E-state index contributed by atoms with van der Waals surface area (Å²) in [5.41, 5.74) is 3.18. The third-order valence-corrected chi connectivity index (χ3v) is 7.47. The van der Waals surface area contributed by atoms with Gasteiger partial charge >= 0.3 is 5.69 Å². The smallest absolute Gasteiger partial charge is 0.352 e. The molecule has 0 aliphatic carbocycles. The number of hydrogen-bond donors (Lipinski definition) is 2. The van der Waals surface area contributed by atoms with Crippen LogP contribution in [-0.4, -0.2) is 53.5 Å². The van der Waals surface area contributed by atoms with Gasteiger partial charge in [-0.05, 0) is 19.1 Å². The lowest BCUT2D eigenvalue weighted by Crippen LogP contribution is -2.42. The molecule has 0 amide bonds. The largest absolute Gasteiger partial charge is 0.394 e. The Morgan fingerprint density at radius 3 is 2.16 bits per heavy atom. The minimum atomic E-state index is -4.34. The second kappa shape index (κ2) is 10.3. The van der Waals surface area contributed by atoms with Gasteiger partial charge < -0.3 is 15.6 Å². The molecule has 1 aliphatic heterocycles. The Labute approximate surface area is 222 Å². The number of anilines is 1. The summed E-state index contributed by atoms with van der Waals surface area (Å²) < 4.78 is 38.4. The second-order valence-corrected chi connectivity index (χ2v) is 13.1. The highest BCUT2D eigenvalue weighted by Gasteiger charge is 2.45. The van der Waals surface area contributed by atoms with E-state index in [0.29, 0.717) is 0 Å². The highest BCUT2D eigenvalue weighted by atomic mass is 32.2. The molecule has 11 nitrogen and oxygen atoms in total.